The fourth-order valence-corrected chi connectivity index (χ4v) is 4.44. The fraction of sp³-hybridized carbons (Fsp3) is 0.318. The number of phenolic OH excluding ortho intramolecular Hbond substituents is 1. The number of halogens is 4. The van der Waals surface area contributed by atoms with Crippen LogP contribution in [0.4, 0.5) is 23.2 Å². The zero-order valence-corrected chi connectivity index (χ0v) is 16.4. The summed E-state index contributed by atoms with van der Waals surface area (Å²) in [5.41, 5.74) is -3.39. The molecular formula is C22H20F4N2O3. The molecule has 0 spiro atoms. The summed E-state index contributed by atoms with van der Waals surface area (Å²) < 4.78 is 57.2. The number of anilines is 1. The van der Waals surface area contributed by atoms with E-state index in [-0.39, 0.29) is 34.3 Å². The molecule has 2 aromatic carbocycles. The van der Waals surface area contributed by atoms with Crippen molar-refractivity contribution in [1.82, 2.24) is 4.98 Å². The molecule has 31 heavy (non-hydrogen) atoms. The predicted octanol–water partition coefficient (Wildman–Crippen LogP) is 4.72. The fourth-order valence-electron chi connectivity index (χ4n) is 4.44. The first-order valence-electron chi connectivity index (χ1n) is 9.75. The molecule has 1 aliphatic rings. The van der Waals surface area contributed by atoms with Crippen LogP contribution in [0.1, 0.15) is 42.9 Å². The van der Waals surface area contributed by atoms with Gasteiger partial charge in [0.15, 0.2) is 5.60 Å². The zero-order chi connectivity index (χ0) is 22.6. The molecule has 3 aromatic rings. The Labute approximate surface area is 174 Å². The van der Waals surface area contributed by atoms with E-state index in [1.54, 1.807) is 6.92 Å². The van der Waals surface area contributed by atoms with E-state index in [9.17, 15) is 32.6 Å². The highest BCUT2D eigenvalue weighted by molar-refractivity contribution is 5.91. The lowest BCUT2D eigenvalue weighted by molar-refractivity contribution is -0.272. The third-order valence-electron chi connectivity index (χ3n) is 6.00. The van der Waals surface area contributed by atoms with E-state index in [0.29, 0.717) is 5.56 Å². The average Bonchev–Trinajstić information content (AvgIpc) is 2.70. The lowest BCUT2D eigenvalue weighted by Gasteiger charge is -2.45. The second-order valence-corrected chi connectivity index (χ2v) is 7.79. The molecule has 1 aliphatic carbocycles. The summed E-state index contributed by atoms with van der Waals surface area (Å²) >= 11 is 0. The minimum absolute atomic E-state index is 0.0405. The van der Waals surface area contributed by atoms with Crippen LogP contribution in [-0.2, 0) is 0 Å². The first-order chi connectivity index (χ1) is 14.6. The summed E-state index contributed by atoms with van der Waals surface area (Å²) in [6, 6.07) is 7.12. The molecule has 3 atom stereocenters. The van der Waals surface area contributed by atoms with Crippen LogP contribution in [0.25, 0.3) is 10.9 Å². The van der Waals surface area contributed by atoms with E-state index in [1.165, 1.54) is 30.3 Å². The molecule has 0 radical (unpaired) electrons. The average molecular weight is 436 g/mol. The van der Waals surface area contributed by atoms with Gasteiger partial charge in [-0.25, -0.2) is 4.39 Å². The normalized spacial score (nSPS) is 23.5. The molecule has 1 aromatic heterocycles. The standard InChI is InChI=1S/C22H20F4N2O3/c1-2-11-10-21(31,22(24,25)26)20(13-4-3-5-16(29)18(11)13)28-19-12-6-9-17(30)27-15(12)8-7-14(19)23/h3-9,11,20,28-29,31H,2,10H2,1H3,(H,27,30)/t11-,20+,21+/m1/s1. The number of aliphatic hydroxyl groups is 1. The highest BCUT2D eigenvalue weighted by Crippen LogP contribution is 2.55. The number of benzene rings is 2. The van der Waals surface area contributed by atoms with Gasteiger partial charge in [-0.1, -0.05) is 19.1 Å². The third kappa shape index (κ3) is 3.33. The number of nitrogens with one attached hydrogen (secondary N) is 2. The molecule has 4 rings (SSSR count). The Morgan fingerprint density at radius 3 is 2.61 bits per heavy atom. The van der Waals surface area contributed by atoms with Crippen molar-refractivity contribution in [3.05, 3.63) is 69.8 Å². The summed E-state index contributed by atoms with van der Waals surface area (Å²) in [6.07, 6.45) is -5.46. The molecule has 9 heteroatoms. The van der Waals surface area contributed by atoms with E-state index in [0.717, 1.165) is 12.1 Å². The van der Waals surface area contributed by atoms with Crippen LogP contribution in [0.5, 0.6) is 5.75 Å². The number of aromatic hydroxyl groups is 1. The van der Waals surface area contributed by atoms with Gasteiger partial charge in [-0.2, -0.15) is 13.2 Å². The summed E-state index contributed by atoms with van der Waals surface area (Å²) in [6.45, 7) is 1.67. The Bertz CT molecular complexity index is 1210. The van der Waals surface area contributed by atoms with Gasteiger partial charge in [0.05, 0.1) is 17.2 Å². The molecule has 0 saturated carbocycles. The van der Waals surface area contributed by atoms with Gasteiger partial charge in [0.2, 0.25) is 5.56 Å². The number of fused-ring (bicyclic) bond motifs is 2. The Morgan fingerprint density at radius 2 is 1.94 bits per heavy atom. The molecule has 5 nitrogen and oxygen atoms in total. The number of alkyl halides is 3. The molecule has 0 saturated heterocycles. The van der Waals surface area contributed by atoms with Gasteiger partial charge in [-0.15, -0.1) is 0 Å². The molecule has 0 unspecified atom stereocenters. The van der Waals surface area contributed by atoms with Crippen molar-refractivity contribution < 1.29 is 27.8 Å². The number of aromatic nitrogens is 1. The number of rotatable bonds is 3. The molecule has 164 valence electrons. The van der Waals surface area contributed by atoms with Gasteiger partial charge in [-0.05, 0) is 48.6 Å². The van der Waals surface area contributed by atoms with Crippen LogP contribution in [0.2, 0.25) is 0 Å². The second kappa shape index (κ2) is 7.26. The summed E-state index contributed by atoms with van der Waals surface area (Å²) in [4.78, 5) is 14.1. The number of pyridine rings is 1. The predicted molar refractivity (Wildman–Crippen MR) is 108 cm³/mol. The number of aromatic amines is 1. The molecular weight excluding hydrogens is 416 g/mol. The van der Waals surface area contributed by atoms with Gasteiger partial charge in [0.25, 0.3) is 0 Å². The van der Waals surface area contributed by atoms with Crippen LogP contribution in [0, 0.1) is 5.82 Å². The summed E-state index contributed by atoms with van der Waals surface area (Å²) in [5, 5.41) is 24.0. The van der Waals surface area contributed by atoms with Gasteiger partial charge >= 0.3 is 6.18 Å². The van der Waals surface area contributed by atoms with E-state index in [2.05, 4.69) is 10.3 Å². The van der Waals surface area contributed by atoms with Crippen molar-refractivity contribution in [3.8, 4) is 5.75 Å². The molecule has 0 fully saturated rings. The highest BCUT2D eigenvalue weighted by Gasteiger charge is 2.62. The van der Waals surface area contributed by atoms with Crippen LogP contribution >= 0.6 is 0 Å². The van der Waals surface area contributed by atoms with Crippen molar-refractivity contribution in [3.63, 3.8) is 0 Å². The van der Waals surface area contributed by atoms with Crippen LogP contribution < -0.4 is 10.9 Å². The second-order valence-electron chi connectivity index (χ2n) is 7.79. The molecule has 1 heterocycles. The Morgan fingerprint density at radius 1 is 1.19 bits per heavy atom. The summed E-state index contributed by atoms with van der Waals surface area (Å²) in [5.74, 6) is -1.76. The van der Waals surface area contributed by atoms with Gasteiger partial charge in [0, 0.05) is 17.0 Å². The topological polar surface area (TPSA) is 85.4 Å². The molecule has 0 bridgehead atoms. The quantitative estimate of drug-likeness (QED) is 0.448. The number of hydrogen-bond acceptors (Lipinski definition) is 4. The van der Waals surface area contributed by atoms with Crippen molar-refractivity contribution in [2.24, 2.45) is 0 Å². The summed E-state index contributed by atoms with van der Waals surface area (Å²) in [7, 11) is 0. The molecule has 0 amide bonds. The first-order valence-corrected chi connectivity index (χ1v) is 9.75. The highest BCUT2D eigenvalue weighted by atomic mass is 19.4. The van der Waals surface area contributed by atoms with Gasteiger partial charge in [-0.3, -0.25) is 4.79 Å². The first kappa shape index (κ1) is 21.2. The SMILES string of the molecule is CC[C@@H]1C[C@@](O)(C(F)(F)F)[C@@H](Nc2c(F)ccc3[nH]c(=O)ccc23)c2cccc(O)c21. The monoisotopic (exact) mass is 436 g/mol. The smallest absolute Gasteiger partial charge is 0.419 e. The molecule has 4 N–H and O–H groups in total. The minimum atomic E-state index is -5.03. The Balaban J connectivity index is 1.95. The number of phenols is 1. The third-order valence-corrected chi connectivity index (χ3v) is 6.00. The van der Waals surface area contributed by atoms with E-state index in [1.807, 2.05) is 0 Å². The van der Waals surface area contributed by atoms with Crippen LogP contribution in [-0.4, -0.2) is 27.0 Å². The Kier molecular flexibility index (Phi) is 4.96. The van der Waals surface area contributed by atoms with E-state index in [4.69, 9.17) is 0 Å². The van der Waals surface area contributed by atoms with Crippen molar-refractivity contribution in [2.75, 3.05) is 5.32 Å². The van der Waals surface area contributed by atoms with Gasteiger partial charge in [0.1, 0.15) is 11.6 Å². The van der Waals surface area contributed by atoms with Crippen molar-refractivity contribution >= 4 is 16.6 Å². The van der Waals surface area contributed by atoms with Crippen LogP contribution in [0.15, 0.2) is 47.3 Å². The maximum atomic E-state index is 14.8. The molecule has 0 aliphatic heterocycles. The van der Waals surface area contributed by atoms with E-state index < -0.39 is 41.5 Å². The minimum Gasteiger partial charge on any atom is -0.508 e. The lowest BCUT2D eigenvalue weighted by Crippen LogP contribution is -2.55. The van der Waals surface area contributed by atoms with Crippen molar-refractivity contribution in [1.29, 1.82) is 0 Å². The Hall–Kier alpha value is -3.07. The van der Waals surface area contributed by atoms with Crippen LogP contribution in [0.3, 0.4) is 0 Å². The maximum absolute atomic E-state index is 14.8. The van der Waals surface area contributed by atoms with E-state index >= 15 is 0 Å². The maximum Gasteiger partial charge on any atom is 0.419 e. The van der Waals surface area contributed by atoms with Crippen molar-refractivity contribution in [2.45, 2.75) is 43.5 Å². The number of hydrogen-bond donors (Lipinski definition) is 4. The lowest BCUT2D eigenvalue weighted by atomic mass is 9.69. The van der Waals surface area contributed by atoms with Gasteiger partial charge < -0.3 is 20.5 Å². The number of H-pyrrole nitrogens is 1. The zero-order valence-electron chi connectivity index (χ0n) is 16.4. The largest absolute Gasteiger partial charge is 0.508 e.